The van der Waals surface area contributed by atoms with Crippen LogP contribution in [0.15, 0.2) is 0 Å². The molecule has 2 saturated heterocycles. The lowest BCUT2D eigenvalue weighted by atomic mass is 9.82. The Labute approximate surface area is 103 Å². The van der Waals surface area contributed by atoms with Crippen LogP contribution < -0.4 is 0 Å². The van der Waals surface area contributed by atoms with Crippen molar-refractivity contribution in [2.24, 2.45) is 17.3 Å². The van der Waals surface area contributed by atoms with Gasteiger partial charge in [-0.25, -0.2) is 0 Å². The predicted octanol–water partition coefficient (Wildman–Crippen LogP) is 1.46. The van der Waals surface area contributed by atoms with Gasteiger partial charge in [0.25, 0.3) is 0 Å². The van der Waals surface area contributed by atoms with Gasteiger partial charge in [0.1, 0.15) is 5.41 Å². The van der Waals surface area contributed by atoms with Crippen LogP contribution >= 0.6 is 0 Å². The maximum Gasteiger partial charge on any atom is 0.313 e. The molecule has 98 valence electrons. The lowest BCUT2D eigenvalue weighted by Gasteiger charge is -2.36. The average Bonchev–Trinajstić information content (AvgIpc) is 2.59. The van der Waals surface area contributed by atoms with Crippen molar-refractivity contribution in [3.8, 4) is 0 Å². The first-order chi connectivity index (χ1) is 8.03. The van der Waals surface area contributed by atoms with Crippen LogP contribution in [0.1, 0.15) is 26.7 Å². The summed E-state index contributed by atoms with van der Waals surface area (Å²) in [6, 6.07) is 0. The monoisotopic (exact) mass is 241 g/mol. The lowest BCUT2D eigenvalue weighted by molar-refractivity contribution is -0.159. The molecule has 0 aromatic rings. The molecule has 0 saturated carbocycles. The summed E-state index contributed by atoms with van der Waals surface area (Å²) in [7, 11) is 0. The molecule has 0 aromatic carbocycles. The van der Waals surface area contributed by atoms with Gasteiger partial charge in [0.2, 0.25) is 0 Å². The molecule has 0 aliphatic carbocycles. The number of likely N-dealkylation sites (tertiary alicyclic amines) is 1. The second-order valence-corrected chi connectivity index (χ2v) is 5.89. The Hall–Kier alpha value is -0.610. The van der Waals surface area contributed by atoms with Gasteiger partial charge < -0.3 is 14.7 Å². The molecule has 0 aromatic heterocycles. The van der Waals surface area contributed by atoms with Crippen LogP contribution in [0.2, 0.25) is 0 Å². The summed E-state index contributed by atoms with van der Waals surface area (Å²) in [4.78, 5) is 13.8. The van der Waals surface area contributed by atoms with Gasteiger partial charge in [-0.05, 0) is 24.7 Å². The van der Waals surface area contributed by atoms with Crippen molar-refractivity contribution in [1.29, 1.82) is 0 Å². The van der Waals surface area contributed by atoms with Crippen LogP contribution in [0.4, 0.5) is 0 Å². The highest BCUT2D eigenvalue weighted by Crippen LogP contribution is 2.33. The van der Waals surface area contributed by atoms with Gasteiger partial charge in [0, 0.05) is 26.2 Å². The molecular formula is C13H23NO3. The van der Waals surface area contributed by atoms with Gasteiger partial charge in [0.05, 0.1) is 6.61 Å². The SMILES string of the molecule is CC1CN(CC2(C(=O)O)CCCOC2)CC1C. The number of carbonyl (C=O) groups is 1. The summed E-state index contributed by atoms with van der Waals surface area (Å²) < 4.78 is 5.40. The van der Waals surface area contributed by atoms with Gasteiger partial charge in [-0.15, -0.1) is 0 Å². The van der Waals surface area contributed by atoms with E-state index in [0.29, 0.717) is 31.6 Å². The molecule has 0 spiro atoms. The van der Waals surface area contributed by atoms with E-state index in [1.165, 1.54) is 0 Å². The van der Waals surface area contributed by atoms with Crippen molar-refractivity contribution < 1.29 is 14.6 Å². The third-order valence-electron chi connectivity index (χ3n) is 4.37. The number of nitrogens with zero attached hydrogens (tertiary/aromatic N) is 1. The Bertz CT molecular complexity index is 276. The number of carboxylic acid groups (broad SMARTS) is 1. The second kappa shape index (κ2) is 4.94. The minimum Gasteiger partial charge on any atom is -0.481 e. The number of carboxylic acids is 1. The maximum absolute atomic E-state index is 11.5. The zero-order valence-corrected chi connectivity index (χ0v) is 10.8. The Morgan fingerprint density at radius 1 is 1.41 bits per heavy atom. The second-order valence-electron chi connectivity index (χ2n) is 5.89. The molecule has 4 heteroatoms. The summed E-state index contributed by atoms with van der Waals surface area (Å²) in [5.74, 6) is 0.653. The summed E-state index contributed by atoms with van der Waals surface area (Å²) >= 11 is 0. The minimum absolute atomic E-state index is 0.377. The van der Waals surface area contributed by atoms with Gasteiger partial charge in [-0.2, -0.15) is 0 Å². The van der Waals surface area contributed by atoms with Crippen LogP contribution in [-0.4, -0.2) is 48.8 Å². The summed E-state index contributed by atoms with van der Waals surface area (Å²) in [6.07, 6.45) is 1.62. The van der Waals surface area contributed by atoms with Gasteiger partial charge in [0.15, 0.2) is 0 Å². The molecular weight excluding hydrogens is 218 g/mol. The number of aliphatic carboxylic acids is 1. The molecule has 0 bridgehead atoms. The van der Waals surface area contributed by atoms with Gasteiger partial charge in [-0.1, -0.05) is 13.8 Å². The van der Waals surface area contributed by atoms with Crippen molar-refractivity contribution in [2.75, 3.05) is 32.8 Å². The zero-order chi connectivity index (χ0) is 12.5. The standard InChI is InChI=1S/C13H23NO3/c1-10-6-14(7-11(10)2)8-13(12(15)16)4-3-5-17-9-13/h10-11H,3-9H2,1-2H3,(H,15,16). The van der Waals surface area contributed by atoms with Crippen molar-refractivity contribution in [2.45, 2.75) is 26.7 Å². The molecule has 3 unspecified atom stereocenters. The quantitative estimate of drug-likeness (QED) is 0.812. The predicted molar refractivity (Wildman–Crippen MR) is 64.9 cm³/mol. The molecule has 1 N–H and O–H groups in total. The summed E-state index contributed by atoms with van der Waals surface area (Å²) in [5.41, 5.74) is -0.665. The van der Waals surface area contributed by atoms with E-state index < -0.39 is 11.4 Å². The largest absolute Gasteiger partial charge is 0.481 e. The Kier molecular flexibility index (Phi) is 3.73. The van der Waals surface area contributed by atoms with Crippen LogP contribution in [-0.2, 0) is 9.53 Å². The molecule has 4 nitrogen and oxygen atoms in total. The van der Waals surface area contributed by atoms with E-state index >= 15 is 0 Å². The van der Waals surface area contributed by atoms with Crippen LogP contribution in [0.5, 0.6) is 0 Å². The smallest absolute Gasteiger partial charge is 0.313 e. The van der Waals surface area contributed by atoms with Crippen molar-refractivity contribution >= 4 is 5.97 Å². The van der Waals surface area contributed by atoms with Crippen LogP contribution in [0.3, 0.4) is 0 Å². The molecule has 17 heavy (non-hydrogen) atoms. The first-order valence-corrected chi connectivity index (χ1v) is 6.57. The van der Waals surface area contributed by atoms with Crippen LogP contribution in [0, 0.1) is 17.3 Å². The molecule has 3 atom stereocenters. The normalized spacial score (nSPS) is 39.4. The Morgan fingerprint density at radius 3 is 2.53 bits per heavy atom. The van der Waals surface area contributed by atoms with Crippen molar-refractivity contribution in [1.82, 2.24) is 4.90 Å². The first-order valence-electron chi connectivity index (χ1n) is 6.57. The third-order valence-corrected chi connectivity index (χ3v) is 4.37. The zero-order valence-electron chi connectivity index (χ0n) is 10.8. The number of ether oxygens (including phenoxy) is 1. The van der Waals surface area contributed by atoms with Crippen LogP contribution in [0.25, 0.3) is 0 Å². The van der Waals surface area contributed by atoms with E-state index in [1.807, 2.05) is 0 Å². The topological polar surface area (TPSA) is 49.8 Å². The highest BCUT2D eigenvalue weighted by atomic mass is 16.5. The number of hydrogen-bond acceptors (Lipinski definition) is 3. The molecule has 0 radical (unpaired) electrons. The van der Waals surface area contributed by atoms with Crippen molar-refractivity contribution in [3.05, 3.63) is 0 Å². The fourth-order valence-corrected chi connectivity index (χ4v) is 3.02. The molecule has 2 heterocycles. The Morgan fingerprint density at radius 2 is 2.06 bits per heavy atom. The first kappa shape index (κ1) is 12.8. The molecule has 0 amide bonds. The summed E-state index contributed by atoms with van der Waals surface area (Å²) in [5, 5.41) is 9.47. The maximum atomic E-state index is 11.5. The molecule has 2 aliphatic rings. The van der Waals surface area contributed by atoms with Crippen molar-refractivity contribution in [3.63, 3.8) is 0 Å². The number of rotatable bonds is 3. The summed E-state index contributed by atoms with van der Waals surface area (Å²) in [6.45, 7) is 8.28. The van der Waals surface area contributed by atoms with E-state index in [2.05, 4.69) is 18.7 Å². The average molecular weight is 241 g/mol. The van der Waals surface area contributed by atoms with E-state index in [4.69, 9.17) is 4.74 Å². The lowest BCUT2D eigenvalue weighted by Crippen LogP contribution is -2.48. The minimum atomic E-state index is -0.690. The Balaban J connectivity index is 2.01. The van der Waals surface area contributed by atoms with E-state index in [1.54, 1.807) is 0 Å². The fraction of sp³-hybridized carbons (Fsp3) is 0.923. The molecule has 2 rings (SSSR count). The van der Waals surface area contributed by atoms with E-state index in [-0.39, 0.29) is 0 Å². The van der Waals surface area contributed by atoms with E-state index in [0.717, 1.165) is 25.9 Å². The fourth-order valence-electron chi connectivity index (χ4n) is 3.02. The van der Waals surface area contributed by atoms with Gasteiger partial charge >= 0.3 is 5.97 Å². The van der Waals surface area contributed by atoms with E-state index in [9.17, 15) is 9.90 Å². The highest BCUT2D eigenvalue weighted by molar-refractivity contribution is 5.75. The van der Waals surface area contributed by atoms with Gasteiger partial charge in [-0.3, -0.25) is 4.79 Å². The molecule has 2 fully saturated rings. The number of hydrogen-bond donors (Lipinski definition) is 1. The highest BCUT2D eigenvalue weighted by Gasteiger charge is 2.43. The third kappa shape index (κ3) is 2.63. The molecule has 2 aliphatic heterocycles.